The molecule has 0 amide bonds. The summed E-state index contributed by atoms with van der Waals surface area (Å²) >= 11 is 0. The second kappa shape index (κ2) is 9.46. The number of carbonyl (C=O) groups excluding carboxylic acids is 1. The molecule has 2 aromatic heterocycles. The van der Waals surface area contributed by atoms with Gasteiger partial charge in [-0.05, 0) is 49.4 Å². The summed E-state index contributed by atoms with van der Waals surface area (Å²) in [5.41, 5.74) is 4.38. The van der Waals surface area contributed by atoms with E-state index in [9.17, 15) is 4.79 Å². The molecule has 138 valence electrons. The Labute approximate surface area is 156 Å². The predicted octanol–water partition coefficient (Wildman–Crippen LogP) is 5.15. The molecule has 0 saturated carbocycles. The van der Waals surface area contributed by atoms with Gasteiger partial charge in [-0.1, -0.05) is 44.6 Å². The monoisotopic (exact) mass is 352 g/mol. The fourth-order valence-electron chi connectivity index (χ4n) is 3.65. The van der Waals surface area contributed by atoms with E-state index in [4.69, 9.17) is 9.72 Å². The summed E-state index contributed by atoms with van der Waals surface area (Å²) in [6, 6.07) is 7.90. The van der Waals surface area contributed by atoms with E-state index in [0.29, 0.717) is 5.56 Å². The molecule has 0 atom stereocenters. The van der Waals surface area contributed by atoms with Crippen LogP contribution in [0.3, 0.4) is 0 Å². The smallest absolute Gasteiger partial charge is 0.339 e. The van der Waals surface area contributed by atoms with E-state index >= 15 is 0 Å². The first-order valence-corrected chi connectivity index (χ1v) is 9.82. The Hall–Kier alpha value is -2.23. The van der Waals surface area contributed by atoms with E-state index in [1.807, 2.05) is 24.3 Å². The molecule has 4 heteroatoms. The number of nitrogens with zero attached hydrogens (tertiary/aromatic N) is 2. The van der Waals surface area contributed by atoms with E-state index in [0.717, 1.165) is 48.3 Å². The van der Waals surface area contributed by atoms with Crippen LogP contribution < -0.4 is 0 Å². The lowest BCUT2D eigenvalue weighted by atomic mass is 9.96. The molecule has 0 N–H and O–H groups in total. The number of methoxy groups -OCH3 is 1. The topological polar surface area (TPSA) is 52.1 Å². The molecule has 0 spiro atoms. The Kier molecular flexibility index (Phi) is 6.75. The predicted molar refractivity (Wildman–Crippen MR) is 103 cm³/mol. The molecule has 3 heterocycles. The molecular weight excluding hydrogens is 324 g/mol. The lowest BCUT2D eigenvalue weighted by Gasteiger charge is -2.15. The SMILES string of the molecule is COC(=O)c1cc2c(-c3ccccn3)nc1CCCCCCCCCC2. The Bertz CT molecular complexity index is 728. The zero-order valence-corrected chi connectivity index (χ0v) is 15.7. The fraction of sp³-hybridized carbons (Fsp3) is 0.500. The van der Waals surface area contributed by atoms with Gasteiger partial charge in [0.15, 0.2) is 0 Å². The quantitative estimate of drug-likeness (QED) is 0.701. The van der Waals surface area contributed by atoms with Gasteiger partial charge in [0, 0.05) is 6.20 Å². The third-order valence-corrected chi connectivity index (χ3v) is 5.10. The highest BCUT2D eigenvalue weighted by Crippen LogP contribution is 2.26. The third-order valence-electron chi connectivity index (χ3n) is 5.10. The Morgan fingerprint density at radius 1 is 0.962 bits per heavy atom. The average Bonchev–Trinajstić information content (AvgIpc) is 2.69. The molecule has 0 unspecified atom stereocenters. The zero-order valence-electron chi connectivity index (χ0n) is 15.7. The molecule has 1 aliphatic heterocycles. The Morgan fingerprint density at radius 3 is 2.31 bits per heavy atom. The van der Waals surface area contributed by atoms with Gasteiger partial charge >= 0.3 is 5.97 Å². The summed E-state index contributed by atoms with van der Waals surface area (Å²) in [6.07, 6.45) is 13.3. The number of hydrogen-bond acceptors (Lipinski definition) is 4. The van der Waals surface area contributed by atoms with Gasteiger partial charge in [-0.3, -0.25) is 9.97 Å². The van der Waals surface area contributed by atoms with E-state index in [1.54, 1.807) is 6.20 Å². The van der Waals surface area contributed by atoms with Gasteiger partial charge in [0.05, 0.1) is 29.8 Å². The van der Waals surface area contributed by atoms with Crippen molar-refractivity contribution in [3.05, 3.63) is 47.3 Å². The normalized spacial score (nSPS) is 16.0. The van der Waals surface area contributed by atoms with Crippen LogP contribution in [0.5, 0.6) is 0 Å². The number of fused-ring (bicyclic) bond motifs is 11. The number of aryl methyl sites for hydroxylation is 2. The van der Waals surface area contributed by atoms with Crippen LogP contribution in [0.2, 0.25) is 0 Å². The van der Waals surface area contributed by atoms with Gasteiger partial charge in [0.25, 0.3) is 0 Å². The first-order valence-electron chi connectivity index (χ1n) is 9.82. The second-order valence-electron chi connectivity index (χ2n) is 7.03. The molecule has 1 aliphatic carbocycles. The van der Waals surface area contributed by atoms with Crippen LogP contribution in [0.1, 0.15) is 73.0 Å². The van der Waals surface area contributed by atoms with Crippen molar-refractivity contribution in [2.45, 2.75) is 64.2 Å². The van der Waals surface area contributed by atoms with Gasteiger partial charge in [-0.25, -0.2) is 4.79 Å². The van der Waals surface area contributed by atoms with E-state index in [2.05, 4.69) is 4.98 Å². The maximum atomic E-state index is 12.3. The second-order valence-corrected chi connectivity index (χ2v) is 7.03. The first kappa shape index (κ1) is 18.6. The van der Waals surface area contributed by atoms with Crippen molar-refractivity contribution in [1.29, 1.82) is 0 Å². The highest BCUT2D eigenvalue weighted by molar-refractivity contribution is 5.91. The van der Waals surface area contributed by atoms with Crippen molar-refractivity contribution in [3.8, 4) is 11.4 Å². The van der Waals surface area contributed by atoms with Crippen LogP contribution >= 0.6 is 0 Å². The van der Waals surface area contributed by atoms with Crippen molar-refractivity contribution >= 4 is 5.97 Å². The van der Waals surface area contributed by atoms with Crippen LogP contribution in [0.4, 0.5) is 0 Å². The molecule has 4 nitrogen and oxygen atoms in total. The molecule has 0 aromatic carbocycles. The summed E-state index contributed by atoms with van der Waals surface area (Å²) < 4.78 is 5.03. The third kappa shape index (κ3) is 4.69. The molecule has 2 aliphatic rings. The number of aromatic nitrogens is 2. The van der Waals surface area contributed by atoms with Crippen LogP contribution in [-0.2, 0) is 17.6 Å². The summed E-state index contributed by atoms with van der Waals surface area (Å²) in [5, 5.41) is 0. The molecular formula is C22H28N2O2. The molecule has 0 saturated heterocycles. The molecule has 2 aromatic rings. The zero-order chi connectivity index (χ0) is 18.2. The summed E-state index contributed by atoms with van der Waals surface area (Å²) in [6.45, 7) is 0. The molecule has 2 bridgehead atoms. The van der Waals surface area contributed by atoms with Crippen LogP contribution in [0.15, 0.2) is 30.5 Å². The van der Waals surface area contributed by atoms with Crippen molar-refractivity contribution in [2.24, 2.45) is 0 Å². The van der Waals surface area contributed by atoms with Crippen molar-refractivity contribution in [1.82, 2.24) is 9.97 Å². The lowest BCUT2D eigenvalue weighted by molar-refractivity contribution is 0.0598. The van der Waals surface area contributed by atoms with E-state index < -0.39 is 0 Å². The minimum absolute atomic E-state index is 0.284. The summed E-state index contributed by atoms with van der Waals surface area (Å²) in [4.78, 5) is 21.8. The number of pyridine rings is 2. The van der Waals surface area contributed by atoms with Gasteiger partial charge in [0.1, 0.15) is 0 Å². The van der Waals surface area contributed by atoms with Crippen molar-refractivity contribution < 1.29 is 9.53 Å². The van der Waals surface area contributed by atoms with Crippen molar-refractivity contribution in [2.75, 3.05) is 7.11 Å². The van der Waals surface area contributed by atoms with Gasteiger partial charge in [-0.2, -0.15) is 0 Å². The molecule has 0 radical (unpaired) electrons. The summed E-state index contributed by atoms with van der Waals surface area (Å²) in [7, 11) is 1.44. The highest BCUT2D eigenvalue weighted by Gasteiger charge is 2.19. The standard InChI is InChI=1S/C22H28N2O2/c1-26-22(25)18-16-17-12-8-6-4-2-3-5-7-9-13-19(18)24-21(17)20-14-10-11-15-23-20/h10-11,14-16H,2-9,12-13H2,1H3. The largest absolute Gasteiger partial charge is 0.465 e. The molecule has 4 rings (SSSR count). The number of esters is 1. The number of rotatable bonds is 2. The van der Waals surface area contributed by atoms with Crippen LogP contribution in [-0.4, -0.2) is 23.0 Å². The number of hydrogen-bond donors (Lipinski definition) is 0. The first-order chi connectivity index (χ1) is 12.8. The molecule has 26 heavy (non-hydrogen) atoms. The van der Waals surface area contributed by atoms with E-state index in [-0.39, 0.29) is 5.97 Å². The van der Waals surface area contributed by atoms with Crippen molar-refractivity contribution in [3.63, 3.8) is 0 Å². The maximum absolute atomic E-state index is 12.3. The van der Waals surface area contributed by atoms with E-state index in [1.165, 1.54) is 45.6 Å². The Morgan fingerprint density at radius 2 is 1.65 bits per heavy atom. The number of ether oxygens (including phenoxy) is 1. The van der Waals surface area contributed by atoms with Gasteiger partial charge in [-0.15, -0.1) is 0 Å². The van der Waals surface area contributed by atoms with Crippen LogP contribution in [0, 0.1) is 0 Å². The maximum Gasteiger partial charge on any atom is 0.339 e. The Balaban J connectivity index is 2.04. The molecule has 0 fully saturated rings. The van der Waals surface area contributed by atoms with Crippen LogP contribution in [0.25, 0.3) is 11.4 Å². The average molecular weight is 352 g/mol. The summed E-state index contributed by atoms with van der Waals surface area (Å²) in [5.74, 6) is -0.284. The highest BCUT2D eigenvalue weighted by atomic mass is 16.5. The van der Waals surface area contributed by atoms with Gasteiger partial charge < -0.3 is 4.74 Å². The lowest BCUT2D eigenvalue weighted by Crippen LogP contribution is -2.11. The number of carbonyl (C=O) groups is 1. The minimum atomic E-state index is -0.284. The minimum Gasteiger partial charge on any atom is -0.465 e. The fourth-order valence-corrected chi connectivity index (χ4v) is 3.65. The van der Waals surface area contributed by atoms with Gasteiger partial charge in [0.2, 0.25) is 0 Å².